The predicted molar refractivity (Wildman–Crippen MR) is 74.1 cm³/mol. The number of hydrogen-bond acceptors (Lipinski definition) is 3. The molecule has 1 heterocycles. The lowest BCUT2D eigenvalue weighted by Gasteiger charge is -2.01. The highest BCUT2D eigenvalue weighted by atomic mass is 16.2. The third-order valence-electron chi connectivity index (χ3n) is 2.93. The Bertz CT molecular complexity index is 855. The summed E-state index contributed by atoms with van der Waals surface area (Å²) < 4.78 is 0. The number of rotatable bonds is 1. The zero-order valence-electron chi connectivity index (χ0n) is 9.96. The quantitative estimate of drug-likeness (QED) is 0.671. The Morgan fingerprint density at radius 1 is 0.842 bits per heavy atom. The van der Waals surface area contributed by atoms with Crippen LogP contribution in [0.15, 0.2) is 64.2 Å². The van der Waals surface area contributed by atoms with Gasteiger partial charge in [0.25, 0.3) is 0 Å². The van der Waals surface area contributed by atoms with Gasteiger partial charge in [-0.3, -0.25) is 9.59 Å². The summed E-state index contributed by atoms with van der Waals surface area (Å²) in [6.07, 6.45) is 0. The van der Waals surface area contributed by atoms with E-state index < -0.39 is 11.0 Å². The molecule has 19 heavy (non-hydrogen) atoms. The van der Waals surface area contributed by atoms with Crippen LogP contribution in [0.5, 0.6) is 0 Å². The van der Waals surface area contributed by atoms with Crippen molar-refractivity contribution in [3.05, 3.63) is 75.2 Å². The second-order valence-corrected chi connectivity index (χ2v) is 4.20. The summed E-state index contributed by atoms with van der Waals surface area (Å²) in [6, 6.07) is 16.7. The summed E-state index contributed by atoms with van der Waals surface area (Å²) in [5.41, 5.74) is 1.33. The predicted octanol–water partition coefficient (Wildman–Crippen LogP) is 1.95. The van der Waals surface area contributed by atoms with Crippen molar-refractivity contribution in [1.82, 2.24) is 10.2 Å². The third-order valence-corrected chi connectivity index (χ3v) is 2.93. The van der Waals surface area contributed by atoms with Gasteiger partial charge in [0.05, 0.1) is 5.52 Å². The van der Waals surface area contributed by atoms with E-state index in [0.717, 1.165) is 11.1 Å². The number of benzene rings is 2. The molecule has 1 N–H and O–H groups in total. The maximum absolute atomic E-state index is 11.4. The Morgan fingerprint density at radius 3 is 2.42 bits per heavy atom. The molecule has 92 valence electrons. The van der Waals surface area contributed by atoms with Crippen molar-refractivity contribution in [3.63, 3.8) is 0 Å². The highest BCUT2D eigenvalue weighted by Gasteiger charge is 2.01. The van der Waals surface area contributed by atoms with Crippen LogP contribution >= 0.6 is 0 Å². The number of nitrogens with one attached hydrogen (secondary N) is 1. The van der Waals surface area contributed by atoms with Crippen LogP contribution in [-0.2, 0) is 0 Å². The van der Waals surface area contributed by atoms with Gasteiger partial charge < -0.3 is 0 Å². The van der Waals surface area contributed by atoms with Gasteiger partial charge in [-0.25, -0.2) is 5.10 Å². The number of fused-ring (bicyclic) bond motifs is 1. The Kier molecular flexibility index (Phi) is 2.68. The molecule has 0 fully saturated rings. The van der Waals surface area contributed by atoms with Gasteiger partial charge in [-0.15, -0.1) is 0 Å². The summed E-state index contributed by atoms with van der Waals surface area (Å²) in [4.78, 5) is 22.7. The first-order valence-corrected chi connectivity index (χ1v) is 5.83. The minimum Gasteiger partial charge on any atom is -0.284 e. The molecule has 4 nitrogen and oxygen atoms in total. The summed E-state index contributed by atoms with van der Waals surface area (Å²) >= 11 is 0. The monoisotopic (exact) mass is 250 g/mol. The van der Waals surface area contributed by atoms with E-state index in [2.05, 4.69) is 10.2 Å². The number of H-pyrrole nitrogens is 1. The molecule has 3 rings (SSSR count). The van der Waals surface area contributed by atoms with Crippen LogP contribution in [0, 0.1) is 0 Å². The first kappa shape index (κ1) is 11.3. The molecule has 1 aromatic heterocycles. The molecule has 4 heteroatoms. The fourth-order valence-electron chi connectivity index (χ4n) is 1.95. The van der Waals surface area contributed by atoms with Crippen molar-refractivity contribution in [3.8, 4) is 11.1 Å². The van der Waals surface area contributed by atoms with Crippen LogP contribution in [0.2, 0.25) is 0 Å². The fourth-order valence-corrected chi connectivity index (χ4v) is 1.95. The van der Waals surface area contributed by atoms with Crippen LogP contribution in [0.3, 0.4) is 0 Å². The average molecular weight is 250 g/mol. The maximum Gasteiger partial charge on any atom is 0.311 e. The van der Waals surface area contributed by atoms with Gasteiger partial charge in [-0.1, -0.05) is 42.5 Å². The molecule has 0 aliphatic carbocycles. The Balaban J connectivity index is 2.28. The van der Waals surface area contributed by atoms with E-state index in [1.165, 1.54) is 6.07 Å². The van der Waals surface area contributed by atoms with Crippen molar-refractivity contribution in [2.24, 2.45) is 0 Å². The molecule has 0 radical (unpaired) electrons. The maximum atomic E-state index is 11.4. The molecule has 0 saturated carbocycles. The Hall–Kier alpha value is -2.75. The highest BCUT2D eigenvalue weighted by molar-refractivity contribution is 5.83. The molecule has 0 aliphatic rings. The zero-order chi connectivity index (χ0) is 13.2. The van der Waals surface area contributed by atoms with Gasteiger partial charge in [-0.2, -0.15) is 5.10 Å². The molecule has 2 aromatic carbocycles. The first-order chi connectivity index (χ1) is 9.24. The topological polar surface area (TPSA) is 62.8 Å². The number of nitrogens with zero attached hydrogens (tertiary/aromatic N) is 1. The number of hydrogen-bond donors (Lipinski definition) is 1. The SMILES string of the molecule is O=c1cc2ccc(-c3ccccc3)cc2n[nH]c1=O. The standard InChI is InChI=1S/C15H10N2O2/c18-14-9-12-7-6-11(10-4-2-1-3-5-10)8-13(12)16-17-15(14)19/h1-9H,(H,17,18,19). The molecular formula is C15H10N2O2. The van der Waals surface area contributed by atoms with Crippen LogP contribution in [0.25, 0.3) is 22.0 Å². The van der Waals surface area contributed by atoms with Gasteiger partial charge in [0.15, 0.2) is 0 Å². The van der Waals surface area contributed by atoms with Gasteiger partial charge in [-0.05, 0) is 17.2 Å². The minimum atomic E-state index is -0.711. The summed E-state index contributed by atoms with van der Waals surface area (Å²) in [6.45, 7) is 0. The zero-order valence-corrected chi connectivity index (χ0v) is 9.96. The van der Waals surface area contributed by atoms with Crippen LogP contribution in [-0.4, -0.2) is 10.2 Å². The molecule has 0 aliphatic heterocycles. The molecule has 0 spiro atoms. The van der Waals surface area contributed by atoms with Crippen molar-refractivity contribution in [1.29, 1.82) is 0 Å². The lowest BCUT2D eigenvalue weighted by molar-refractivity contribution is 1.03. The first-order valence-electron chi connectivity index (χ1n) is 5.83. The van der Waals surface area contributed by atoms with Gasteiger partial charge in [0.2, 0.25) is 5.43 Å². The largest absolute Gasteiger partial charge is 0.311 e. The molecule has 0 saturated heterocycles. The molecule has 0 bridgehead atoms. The van der Waals surface area contributed by atoms with Crippen molar-refractivity contribution in [2.75, 3.05) is 0 Å². The van der Waals surface area contributed by atoms with E-state index in [-0.39, 0.29) is 0 Å². The van der Waals surface area contributed by atoms with Crippen molar-refractivity contribution >= 4 is 10.9 Å². The highest BCUT2D eigenvalue weighted by Crippen LogP contribution is 2.21. The summed E-state index contributed by atoms with van der Waals surface area (Å²) in [5.74, 6) is 0. The van der Waals surface area contributed by atoms with E-state index in [1.807, 2.05) is 42.5 Å². The Morgan fingerprint density at radius 2 is 1.63 bits per heavy atom. The van der Waals surface area contributed by atoms with E-state index in [9.17, 15) is 9.59 Å². The molecular weight excluding hydrogens is 240 g/mol. The number of aromatic nitrogens is 2. The molecule has 0 amide bonds. The third kappa shape index (κ3) is 2.15. The summed E-state index contributed by atoms with van der Waals surface area (Å²) in [7, 11) is 0. The van der Waals surface area contributed by atoms with Crippen LogP contribution in [0.4, 0.5) is 0 Å². The molecule has 0 unspecified atom stereocenters. The minimum absolute atomic E-state index is 0.584. The van der Waals surface area contributed by atoms with Crippen molar-refractivity contribution in [2.45, 2.75) is 0 Å². The van der Waals surface area contributed by atoms with E-state index in [0.29, 0.717) is 10.9 Å². The lowest BCUT2D eigenvalue weighted by atomic mass is 10.0. The van der Waals surface area contributed by atoms with E-state index in [1.54, 1.807) is 6.07 Å². The second-order valence-electron chi connectivity index (χ2n) is 4.20. The van der Waals surface area contributed by atoms with Crippen LogP contribution < -0.4 is 11.0 Å². The molecule has 0 atom stereocenters. The lowest BCUT2D eigenvalue weighted by Crippen LogP contribution is -2.22. The van der Waals surface area contributed by atoms with Gasteiger partial charge >= 0.3 is 5.56 Å². The normalized spacial score (nSPS) is 10.5. The van der Waals surface area contributed by atoms with Gasteiger partial charge in [0, 0.05) is 11.5 Å². The van der Waals surface area contributed by atoms with Crippen molar-refractivity contribution < 1.29 is 0 Å². The molecule has 3 aromatic rings. The average Bonchev–Trinajstić information content (AvgIpc) is 2.59. The van der Waals surface area contributed by atoms with Gasteiger partial charge in [0.1, 0.15) is 0 Å². The smallest absolute Gasteiger partial charge is 0.284 e. The van der Waals surface area contributed by atoms with Crippen LogP contribution in [0.1, 0.15) is 0 Å². The van der Waals surface area contributed by atoms with E-state index >= 15 is 0 Å². The Labute approximate surface area is 108 Å². The second kappa shape index (κ2) is 4.49. The number of aromatic amines is 1. The fraction of sp³-hybridized carbons (Fsp3) is 0. The van der Waals surface area contributed by atoms with E-state index in [4.69, 9.17) is 0 Å². The summed E-state index contributed by atoms with van der Waals surface area (Å²) in [5, 5.41) is 6.83.